The van der Waals surface area contributed by atoms with E-state index < -0.39 is 11.9 Å². The molecule has 0 radical (unpaired) electrons. The Kier molecular flexibility index (Phi) is 3.44. The van der Waals surface area contributed by atoms with Crippen LogP contribution in [-0.2, 0) is 0 Å². The van der Waals surface area contributed by atoms with Crippen LogP contribution in [0.1, 0.15) is 56.5 Å². The van der Waals surface area contributed by atoms with Crippen molar-refractivity contribution in [3.63, 3.8) is 0 Å². The Hall–Kier alpha value is -2.63. The van der Waals surface area contributed by atoms with Crippen LogP contribution in [0.4, 0.5) is 5.69 Å². The van der Waals surface area contributed by atoms with Crippen molar-refractivity contribution in [2.24, 2.45) is 0 Å². The van der Waals surface area contributed by atoms with Crippen LogP contribution in [0, 0.1) is 13.8 Å². The molecule has 2 aromatic rings. The number of nitrogens with one attached hydrogen (secondary N) is 1. The van der Waals surface area contributed by atoms with Crippen molar-refractivity contribution >= 4 is 17.6 Å². The zero-order valence-electron chi connectivity index (χ0n) is 12.3. The SMILES string of the molecule is Cc1cc(C)c(C(=O)O)cc1NC(=O)c1cc(C2CC2)no1. The molecule has 0 spiro atoms. The number of hydrogen-bond acceptors (Lipinski definition) is 4. The predicted octanol–water partition coefficient (Wildman–Crippen LogP) is 3.12. The second kappa shape index (κ2) is 5.29. The summed E-state index contributed by atoms with van der Waals surface area (Å²) in [5.41, 5.74) is 2.86. The average molecular weight is 300 g/mol. The minimum atomic E-state index is -1.02. The first-order valence-corrected chi connectivity index (χ1v) is 7.08. The third kappa shape index (κ3) is 2.72. The first-order valence-electron chi connectivity index (χ1n) is 7.08. The number of carboxylic acids is 1. The fourth-order valence-corrected chi connectivity index (χ4v) is 2.37. The van der Waals surface area contributed by atoms with Crippen molar-refractivity contribution in [1.82, 2.24) is 5.16 Å². The lowest BCUT2D eigenvalue weighted by atomic mass is 10.0. The molecule has 1 aromatic carbocycles. The first kappa shape index (κ1) is 14.3. The van der Waals surface area contributed by atoms with Crippen molar-refractivity contribution in [3.05, 3.63) is 46.3 Å². The molecule has 3 rings (SSSR count). The number of aryl methyl sites for hydroxylation is 2. The number of rotatable bonds is 4. The molecule has 0 bridgehead atoms. The van der Waals surface area contributed by atoms with Crippen LogP contribution in [0.5, 0.6) is 0 Å². The standard InChI is InChI=1S/C16H16N2O4/c1-8-5-9(2)12(6-11(8)16(20)21)17-15(19)14-7-13(18-22-14)10-3-4-10/h5-7,10H,3-4H2,1-2H3,(H,17,19)(H,20,21). The number of benzene rings is 1. The number of carbonyl (C=O) groups excluding carboxylic acids is 1. The summed E-state index contributed by atoms with van der Waals surface area (Å²) in [6.45, 7) is 3.53. The molecule has 1 aliphatic carbocycles. The maximum atomic E-state index is 12.2. The van der Waals surface area contributed by atoms with Gasteiger partial charge in [0.2, 0.25) is 5.76 Å². The maximum Gasteiger partial charge on any atom is 0.336 e. The van der Waals surface area contributed by atoms with Gasteiger partial charge in [0.1, 0.15) is 0 Å². The average Bonchev–Trinajstić information content (AvgIpc) is 3.18. The largest absolute Gasteiger partial charge is 0.478 e. The molecule has 1 aliphatic rings. The lowest BCUT2D eigenvalue weighted by molar-refractivity contribution is 0.0695. The Bertz CT molecular complexity index is 760. The van der Waals surface area contributed by atoms with Gasteiger partial charge >= 0.3 is 5.97 Å². The summed E-state index contributed by atoms with van der Waals surface area (Å²) in [5.74, 6) is -0.907. The van der Waals surface area contributed by atoms with Gasteiger partial charge in [-0.3, -0.25) is 4.79 Å². The van der Waals surface area contributed by atoms with Gasteiger partial charge in [-0.25, -0.2) is 4.79 Å². The van der Waals surface area contributed by atoms with Gasteiger partial charge in [-0.2, -0.15) is 0 Å². The second-order valence-corrected chi connectivity index (χ2v) is 5.63. The van der Waals surface area contributed by atoms with Gasteiger partial charge in [-0.1, -0.05) is 11.2 Å². The zero-order chi connectivity index (χ0) is 15.9. The van der Waals surface area contributed by atoms with Crippen molar-refractivity contribution < 1.29 is 19.2 Å². The van der Waals surface area contributed by atoms with Gasteiger partial charge in [0, 0.05) is 17.7 Å². The number of aromatic carboxylic acids is 1. The molecule has 114 valence electrons. The Balaban J connectivity index is 1.83. The normalized spacial score (nSPS) is 13.9. The molecule has 2 N–H and O–H groups in total. The van der Waals surface area contributed by atoms with E-state index in [1.54, 1.807) is 19.1 Å². The highest BCUT2D eigenvalue weighted by molar-refractivity contribution is 6.03. The molecule has 1 aromatic heterocycles. The van der Waals surface area contributed by atoms with Crippen molar-refractivity contribution in [1.29, 1.82) is 0 Å². The van der Waals surface area contributed by atoms with Crippen LogP contribution in [-0.4, -0.2) is 22.1 Å². The Morgan fingerprint density at radius 2 is 1.95 bits per heavy atom. The molecule has 1 heterocycles. The fourth-order valence-electron chi connectivity index (χ4n) is 2.37. The van der Waals surface area contributed by atoms with Gasteiger partial charge in [-0.15, -0.1) is 0 Å². The van der Waals surface area contributed by atoms with E-state index in [1.165, 1.54) is 6.07 Å². The van der Waals surface area contributed by atoms with Crippen LogP contribution < -0.4 is 5.32 Å². The van der Waals surface area contributed by atoms with Crippen LogP contribution in [0.15, 0.2) is 22.7 Å². The van der Waals surface area contributed by atoms with Crippen LogP contribution >= 0.6 is 0 Å². The summed E-state index contributed by atoms with van der Waals surface area (Å²) in [5, 5.41) is 15.7. The van der Waals surface area contributed by atoms with E-state index in [-0.39, 0.29) is 11.3 Å². The highest BCUT2D eigenvalue weighted by atomic mass is 16.5. The Morgan fingerprint density at radius 1 is 1.23 bits per heavy atom. The van der Waals surface area contributed by atoms with Crippen molar-refractivity contribution in [2.75, 3.05) is 5.32 Å². The molecule has 1 saturated carbocycles. The summed E-state index contributed by atoms with van der Waals surface area (Å²) in [6, 6.07) is 4.84. The van der Waals surface area contributed by atoms with Gasteiger partial charge in [-0.05, 0) is 43.9 Å². The number of nitrogens with zero attached hydrogens (tertiary/aromatic N) is 1. The van der Waals surface area contributed by atoms with Crippen LogP contribution in [0.25, 0.3) is 0 Å². The van der Waals surface area contributed by atoms with Crippen LogP contribution in [0.3, 0.4) is 0 Å². The summed E-state index contributed by atoms with van der Waals surface area (Å²) in [7, 11) is 0. The Morgan fingerprint density at radius 3 is 2.59 bits per heavy atom. The maximum absolute atomic E-state index is 12.2. The topological polar surface area (TPSA) is 92.4 Å². The summed E-state index contributed by atoms with van der Waals surface area (Å²) >= 11 is 0. The number of anilines is 1. The highest BCUT2D eigenvalue weighted by Crippen LogP contribution is 2.39. The molecule has 6 nitrogen and oxygen atoms in total. The van der Waals surface area contributed by atoms with Crippen molar-refractivity contribution in [2.45, 2.75) is 32.6 Å². The number of aromatic nitrogens is 1. The van der Waals surface area contributed by atoms with Crippen LogP contribution in [0.2, 0.25) is 0 Å². The van der Waals surface area contributed by atoms with E-state index >= 15 is 0 Å². The lowest BCUT2D eigenvalue weighted by Crippen LogP contribution is -2.13. The lowest BCUT2D eigenvalue weighted by Gasteiger charge is -2.10. The van der Waals surface area contributed by atoms with Gasteiger partial charge < -0.3 is 14.9 Å². The summed E-state index contributed by atoms with van der Waals surface area (Å²) in [4.78, 5) is 23.4. The van der Waals surface area contributed by atoms with E-state index in [4.69, 9.17) is 9.63 Å². The third-order valence-corrected chi connectivity index (χ3v) is 3.80. The quantitative estimate of drug-likeness (QED) is 0.905. The van der Waals surface area contributed by atoms with E-state index in [2.05, 4.69) is 10.5 Å². The van der Waals surface area contributed by atoms with Gasteiger partial charge in [0.05, 0.1) is 11.3 Å². The minimum Gasteiger partial charge on any atom is -0.478 e. The molecule has 6 heteroatoms. The third-order valence-electron chi connectivity index (χ3n) is 3.80. The van der Waals surface area contributed by atoms with Crippen molar-refractivity contribution in [3.8, 4) is 0 Å². The minimum absolute atomic E-state index is 0.138. The molecule has 1 fully saturated rings. The highest BCUT2D eigenvalue weighted by Gasteiger charge is 2.28. The van der Waals surface area contributed by atoms with E-state index in [1.807, 2.05) is 6.92 Å². The molecule has 0 saturated heterocycles. The zero-order valence-corrected chi connectivity index (χ0v) is 12.3. The molecule has 0 unspecified atom stereocenters. The summed E-state index contributed by atoms with van der Waals surface area (Å²) in [6.07, 6.45) is 2.15. The predicted molar refractivity (Wildman–Crippen MR) is 79.3 cm³/mol. The number of amides is 1. The Labute approximate surface area is 127 Å². The second-order valence-electron chi connectivity index (χ2n) is 5.63. The molecule has 0 aliphatic heterocycles. The number of carboxylic acid groups (broad SMARTS) is 1. The van der Waals surface area contributed by atoms with Gasteiger partial charge in [0.15, 0.2) is 0 Å². The van der Waals surface area contributed by atoms with Gasteiger partial charge in [0.25, 0.3) is 5.91 Å². The number of carbonyl (C=O) groups is 2. The van der Waals surface area contributed by atoms with E-state index in [0.717, 1.165) is 24.1 Å². The molecule has 22 heavy (non-hydrogen) atoms. The molecule has 1 amide bonds. The molecule has 0 atom stereocenters. The monoisotopic (exact) mass is 300 g/mol. The van der Waals surface area contributed by atoms with E-state index in [9.17, 15) is 9.59 Å². The summed E-state index contributed by atoms with van der Waals surface area (Å²) < 4.78 is 5.06. The first-order chi connectivity index (χ1) is 10.5. The smallest absolute Gasteiger partial charge is 0.336 e. The van der Waals surface area contributed by atoms with E-state index in [0.29, 0.717) is 17.2 Å². The molecular weight excluding hydrogens is 284 g/mol. The molecular formula is C16H16N2O4. The number of hydrogen-bond donors (Lipinski definition) is 2. The fraction of sp³-hybridized carbons (Fsp3) is 0.312.